The van der Waals surface area contributed by atoms with Crippen molar-refractivity contribution in [3.63, 3.8) is 0 Å². The van der Waals surface area contributed by atoms with Crippen molar-refractivity contribution in [2.45, 2.75) is 25.4 Å². The number of nitrogens with zero attached hydrogens (tertiary/aromatic N) is 1. The Morgan fingerprint density at radius 1 is 1.31 bits per heavy atom. The third kappa shape index (κ3) is 1.33. The number of hydrogen-bond acceptors (Lipinski definition) is 2. The van der Waals surface area contributed by atoms with Crippen LogP contribution in [0.2, 0.25) is 0 Å². The molecule has 0 bridgehead atoms. The van der Waals surface area contributed by atoms with E-state index in [0.717, 1.165) is 15.6 Å². The maximum atomic E-state index is 12.2. The Morgan fingerprint density at radius 2 is 2.12 bits per heavy atom. The largest absolute Gasteiger partial charge is 0.328 e. The SMILES string of the molecule is O=C1c2cc(Br)ccc2CN2C(=O)CCC12. The Bertz CT molecular complexity index is 498. The second-order valence-corrected chi connectivity index (χ2v) is 5.16. The zero-order chi connectivity index (χ0) is 11.3. The van der Waals surface area contributed by atoms with Crippen molar-refractivity contribution in [3.05, 3.63) is 33.8 Å². The summed E-state index contributed by atoms with van der Waals surface area (Å²) >= 11 is 3.37. The molecule has 1 aromatic carbocycles. The quantitative estimate of drug-likeness (QED) is 0.730. The van der Waals surface area contributed by atoms with E-state index in [0.29, 0.717) is 19.4 Å². The van der Waals surface area contributed by atoms with Gasteiger partial charge in [0.1, 0.15) is 0 Å². The van der Waals surface area contributed by atoms with Crippen LogP contribution in [0.5, 0.6) is 0 Å². The topological polar surface area (TPSA) is 37.4 Å². The molecule has 0 aromatic heterocycles. The maximum absolute atomic E-state index is 12.2. The molecule has 0 spiro atoms. The fourth-order valence-corrected chi connectivity index (χ4v) is 2.84. The molecule has 2 heterocycles. The van der Waals surface area contributed by atoms with Gasteiger partial charge in [0.15, 0.2) is 5.78 Å². The zero-order valence-corrected chi connectivity index (χ0v) is 10.2. The number of carbonyl (C=O) groups excluding carboxylic acids is 2. The number of amides is 1. The molecule has 3 rings (SSSR count). The highest BCUT2D eigenvalue weighted by Crippen LogP contribution is 2.32. The molecule has 82 valence electrons. The van der Waals surface area contributed by atoms with E-state index in [1.165, 1.54) is 0 Å². The van der Waals surface area contributed by atoms with Crippen molar-refractivity contribution in [1.82, 2.24) is 4.90 Å². The number of hydrogen-bond donors (Lipinski definition) is 0. The van der Waals surface area contributed by atoms with Crippen LogP contribution in [0.25, 0.3) is 0 Å². The van der Waals surface area contributed by atoms with E-state index in [2.05, 4.69) is 15.9 Å². The molecular weight excluding hydrogens is 270 g/mol. The molecule has 1 amide bonds. The number of rotatable bonds is 0. The molecule has 0 radical (unpaired) electrons. The standard InChI is InChI=1S/C12H10BrNO2/c13-8-2-1-7-6-14-10(3-4-11(14)15)12(16)9(7)5-8/h1-2,5,10H,3-4,6H2. The number of ketones is 1. The van der Waals surface area contributed by atoms with Crippen molar-refractivity contribution in [3.8, 4) is 0 Å². The smallest absolute Gasteiger partial charge is 0.223 e. The highest BCUT2D eigenvalue weighted by Gasteiger charge is 2.40. The summed E-state index contributed by atoms with van der Waals surface area (Å²) in [6, 6.07) is 5.47. The minimum absolute atomic E-state index is 0.0911. The molecule has 1 unspecified atom stereocenters. The van der Waals surface area contributed by atoms with E-state index in [1.54, 1.807) is 4.90 Å². The molecule has 16 heavy (non-hydrogen) atoms. The molecule has 1 fully saturated rings. The lowest BCUT2D eigenvalue weighted by molar-refractivity contribution is -0.129. The van der Waals surface area contributed by atoms with Gasteiger partial charge in [-0.2, -0.15) is 0 Å². The zero-order valence-electron chi connectivity index (χ0n) is 8.57. The molecule has 3 nitrogen and oxygen atoms in total. The number of fused-ring (bicyclic) bond motifs is 2. The molecule has 0 N–H and O–H groups in total. The Balaban J connectivity index is 2.10. The van der Waals surface area contributed by atoms with Gasteiger partial charge >= 0.3 is 0 Å². The van der Waals surface area contributed by atoms with Gasteiger partial charge in [0.25, 0.3) is 0 Å². The fraction of sp³-hybridized carbons (Fsp3) is 0.333. The molecule has 4 heteroatoms. The van der Waals surface area contributed by atoms with Crippen molar-refractivity contribution < 1.29 is 9.59 Å². The van der Waals surface area contributed by atoms with Gasteiger partial charge in [0, 0.05) is 23.0 Å². The monoisotopic (exact) mass is 279 g/mol. The third-order valence-electron chi connectivity index (χ3n) is 3.31. The average Bonchev–Trinajstić information content (AvgIpc) is 2.63. The molecule has 0 saturated carbocycles. The van der Waals surface area contributed by atoms with E-state index in [9.17, 15) is 9.59 Å². The molecular formula is C12H10BrNO2. The predicted molar refractivity (Wildman–Crippen MR) is 62.0 cm³/mol. The normalized spacial score (nSPS) is 23.3. The summed E-state index contributed by atoms with van der Waals surface area (Å²) in [6.07, 6.45) is 1.18. The van der Waals surface area contributed by atoms with Crippen LogP contribution in [0.4, 0.5) is 0 Å². The average molecular weight is 280 g/mol. The van der Waals surface area contributed by atoms with Gasteiger partial charge in [-0.15, -0.1) is 0 Å². The van der Waals surface area contributed by atoms with Gasteiger partial charge < -0.3 is 4.90 Å². The lowest BCUT2D eigenvalue weighted by atomic mass is 9.93. The summed E-state index contributed by atoms with van der Waals surface area (Å²) in [7, 11) is 0. The van der Waals surface area contributed by atoms with Crippen molar-refractivity contribution in [1.29, 1.82) is 0 Å². The minimum Gasteiger partial charge on any atom is -0.328 e. The summed E-state index contributed by atoms with van der Waals surface area (Å²) in [5.41, 5.74) is 1.73. The van der Waals surface area contributed by atoms with Crippen LogP contribution in [0.15, 0.2) is 22.7 Å². The molecule has 1 atom stereocenters. The van der Waals surface area contributed by atoms with E-state index < -0.39 is 0 Å². The van der Waals surface area contributed by atoms with Gasteiger partial charge in [-0.25, -0.2) is 0 Å². The van der Waals surface area contributed by atoms with Gasteiger partial charge in [-0.05, 0) is 24.1 Å². The van der Waals surface area contributed by atoms with Crippen LogP contribution in [-0.2, 0) is 11.3 Å². The Hall–Kier alpha value is -1.16. The number of carbonyl (C=O) groups is 2. The van der Waals surface area contributed by atoms with E-state index in [-0.39, 0.29) is 17.7 Å². The van der Waals surface area contributed by atoms with E-state index in [4.69, 9.17) is 0 Å². The first-order valence-corrected chi connectivity index (χ1v) is 6.08. The molecule has 0 aliphatic carbocycles. The number of halogens is 1. The lowest BCUT2D eigenvalue weighted by Gasteiger charge is -2.30. The van der Waals surface area contributed by atoms with Crippen LogP contribution in [0.1, 0.15) is 28.8 Å². The van der Waals surface area contributed by atoms with E-state index >= 15 is 0 Å². The van der Waals surface area contributed by atoms with Gasteiger partial charge in [-0.3, -0.25) is 9.59 Å². The van der Waals surface area contributed by atoms with Crippen LogP contribution >= 0.6 is 15.9 Å². The Kier molecular flexibility index (Phi) is 2.14. The molecule has 1 aromatic rings. The fourth-order valence-electron chi connectivity index (χ4n) is 2.48. The van der Waals surface area contributed by atoms with Crippen LogP contribution in [-0.4, -0.2) is 22.6 Å². The first-order valence-electron chi connectivity index (χ1n) is 5.29. The van der Waals surface area contributed by atoms with Crippen molar-refractivity contribution in [2.24, 2.45) is 0 Å². The Labute approximate surface area is 102 Å². The maximum Gasteiger partial charge on any atom is 0.223 e. The summed E-state index contributed by atoms with van der Waals surface area (Å²) in [5, 5.41) is 0. The van der Waals surface area contributed by atoms with Crippen molar-refractivity contribution in [2.75, 3.05) is 0 Å². The molecule has 2 aliphatic rings. The predicted octanol–water partition coefficient (Wildman–Crippen LogP) is 2.14. The third-order valence-corrected chi connectivity index (χ3v) is 3.80. The summed E-state index contributed by atoms with van der Waals surface area (Å²) < 4.78 is 0.914. The van der Waals surface area contributed by atoms with Gasteiger partial charge in [0.2, 0.25) is 5.91 Å². The molecule has 1 saturated heterocycles. The minimum atomic E-state index is -0.214. The first kappa shape index (κ1) is 10.0. The summed E-state index contributed by atoms with van der Waals surface area (Å²) in [4.78, 5) is 25.5. The van der Waals surface area contributed by atoms with Crippen molar-refractivity contribution >= 4 is 27.6 Å². The second kappa shape index (κ2) is 3.42. The highest BCUT2D eigenvalue weighted by molar-refractivity contribution is 9.10. The summed E-state index contributed by atoms with van der Waals surface area (Å²) in [6.45, 7) is 0.581. The molecule has 2 aliphatic heterocycles. The van der Waals surface area contributed by atoms with E-state index in [1.807, 2.05) is 18.2 Å². The van der Waals surface area contributed by atoms with Crippen LogP contribution in [0.3, 0.4) is 0 Å². The van der Waals surface area contributed by atoms with Crippen LogP contribution < -0.4 is 0 Å². The highest BCUT2D eigenvalue weighted by atomic mass is 79.9. The number of Topliss-reactive ketones (excluding diaryl/α,β-unsaturated/α-hetero) is 1. The summed E-state index contributed by atoms with van der Waals surface area (Å²) in [5.74, 6) is 0.195. The lowest BCUT2D eigenvalue weighted by Crippen LogP contribution is -2.42. The Morgan fingerprint density at radius 3 is 2.94 bits per heavy atom. The first-order chi connectivity index (χ1) is 7.66. The van der Waals surface area contributed by atoms with Crippen LogP contribution in [0, 0.1) is 0 Å². The van der Waals surface area contributed by atoms with Gasteiger partial charge in [-0.1, -0.05) is 22.0 Å². The second-order valence-electron chi connectivity index (χ2n) is 4.24. The number of benzene rings is 1. The van der Waals surface area contributed by atoms with Gasteiger partial charge in [0.05, 0.1) is 6.04 Å².